The average molecular weight is 453 g/mol. The van der Waals surface area contributed by atoms with Gasteiger partial charge in [-0.1, -0.05) is 78.4 Å². The zero-order chi connectivity index (χ0) is 19.6. The molecule has 0 amide bonds. The molecule has 6 heteroatoms. The second-order valence-electron chi connectivity index (χ2n) is 6.51. The van der Waals surface area contributed by atoms with Gasteiger partial charge in [0.25, 0.3) is 0 Å². The standard InChI is InChI=1S/C21H21Cl3NPSi/c1-16-14-17(2)21(18(3)15-16)25(27(22,23)24)26(19-10-6-4-7-11-19)20-12-8-5-9-13-20/h4-15H,1-3H3. The first kappa shape index (κ1) is 20.7. The van der Waals surface area contributed by atoms with E-state index in [0.29, 0.717) is 0 Å². The Bertz CT molecular complexity index is 851. The molecule has 3 aromatic carbocycles. The lowest BCUT2D eigenvalue weighted by Crippen LogP contribution is -2.42. The largest absolute Gasteiger partial charge is 0.458 e. The molecule has 0 radical (unpaired) electrons. The van der Waals surface area contributed by atoms with Crippen molar-refractivity contribution in [2.45, 2.75) is 20.8 Å². The molecule has 0 aliphatic carbocycles. The van der Waals surface area contributed by atoms with Crippen molar-refractivity contribution in [3.63, 3.8) is 0 Å². The third kappa shape index (κ3) is 4.70. The van der Waals surface area contributed by atoms with Crippen LogP contribution < -0.4 is 14.9 Å². The minimum Gasteiger partial charge on any atom is -0.332 e. The molecule has 0 atom stereocenters. The fourth-order valence-corrected chi connectivity index (χ4v) is 10.6. The van der Waals surface area contributed by atoms with Gasteiger partial charge in [0, 0.05) is 13.8 Å². The number of benzene rings is 3. The van der Waals surface area contributed by atoms with E-state index in [-0.39, 0.29) is 0 Å². The van der Waals surface area contributed by atoms with Gasteiger partial charge in [-0.25, -0.2) is 0 Å². The maximum atomic E-state index is 6.72. The summed E-state index contributed by atoms with van der Waals surface area (Å²) >= 11 is 20.2. The molecule has 0 unspecified atom stereocenters. The molecule has 3 rings (SSSR count). The lowest BCUT2D eigenvalue weighted by Gasteiger charge is -2.39. The average Bonchev–Trinajstić information content (AvgIpc) is 2.61. The van der Waals surface area contributed by atoms with Crippen molar-refractivity contribution in [3.8, 4) is 0 Å². The summed E-state index contributed by atoms with van der Waals surface area (Å²) in [6, 6.07) is 25.0. The van der Waals surface area contributed by atoms with Crippen LogP contribution in [0.2, 0.25) is 0 Å². The summed E-state index contributed by atoms with van der Waals surface area (Å²) in [6.45, 7) is 6.28. The Hall–Kier alpha value is -1.02. The summed E-state index contributed by atoms with van der Waals surface area (Å²) in [4.78, 5) is 0. The zero-order valence-electron chi connectivity index (χ0n) is 15.5. The molecule has 0 spiro atoms. The molecular weight excluding hydrogens is 432 g/mol. The van der Waals surface area contributed by atoms with Crippen molar-refractivity contribution >= 4 is 63.8 Å². The highest BCUT2D eigenvalue weighted by Gasteiger charge is 2.42. The van der Waals surface area contributed by atoms with Gasteiger partial charge in [0.2, 0.25) is 0 Å². The highest BCUT2D eigenvalue weighted by atomic mass is 35.8. The summed E-state index contributed by atoms with van der Waals surface area (Å²) in [7, 11) is -1.02. The van der Waals surface area contributed by atoms with Crippen LogP contribution in [0.4, 0.5) is 5.69 Å². The molecule has 0 saturated carbocycles. The third-order valence-corrected chi connectivity index (χ3v) is 11.2. The Balaban J connectivity index is 2.29. The van der Waals surface area contributed by atoms with Crippen molar-refractivity contribution in [2.24, 2.45) is 0 Å². The van der Waals surface area contributed by atoms with Gasteiger partial charge >= 0.3 is 6.16 Å². The second kappa shape index (κ2) is 8.55. The van der Waals surface area contributed by atoms with Crippen LogP contribution in [-0.4, -0.2) is 6.16 Å². The van der Waals surface area contributed by atoms with Crippen molar-refractivity contribution in [1.29, 1.82) is 0 Å². The summed E-state index contributed by atoms with van der Waals surface area (Å²) in [5.41, 5.74) is 4.51. The van der Waals surface area contributed by atoms with Gasteiger partial charge in [0.05, 0.1) is 0 Å². The first-order chi connectivity index (χ1) is 12.8. The summed E-state index contributed by atoms with van der Waals surface area (Å²) in [5, 5.41) is 2.33. The lowest BCUT2D eigenvalue weighted by molar-refractivity contribution is 1.30. The van der Waals surface area contributed by atoms with Gasteiger partial charge in [-0.15, -0.1) is 33.2 Å². The number of rotatable bonds is 5. The normalized spacial score (nSPS) is 11.7. The van der Waals surface area contributed by atoms with E-state index in [4.69, 9.17) is 33.2 Å². The number of halogens is 3. The number of hydrogen-bond donors (Lipinski definition) is 0. The first-order valence-corrected chi connectivity index (χ1v) is 14.9. The van der Waals surface area contributed by atoms with Crippen LogP contribution in [0.3, 0.4) is 0 Å². The van der Waals surface area contributed by atoms with E-state index >= 15 is 0 Å². The SMILES string of the molecule is Cc1cc(C)c(N(P(c2ccccc2)c2ccccc2)[Si](Cl)(Cl)Cl)c(C)c1. The molecular formula is C21H21Cl3NPSi. The van der Waals surface area contributed by atoms with Crippen LogP contribution in [0.5, 0.6) is 0 Å². The van der Waals surface area contributed by atoms with Crippen LogP contribution in [0.15, 0.2) is 72.8 Å². The van der Waals surface area contributed by atoms with Crippen molar-refractivity contribution in [1.82, 2.24) is 0 Å². The molecule has 140 valence electrons. The Kier molecular flexibility index (Phi) is 6.56. The zero-order valence-corrected chi connectivity index (χ0v) is 19.6. The van der Waals surface area contributed by atoms with Gasteiger partial charge in [-0.05, 0) is 42.5 Å². The van der Waals surface area contributed by atoms with E-state index in [1.165, 1.54) is 5.56 Å². The molecule has 0 aliphatic heterocycles. The van der Waals surface area contributed by atoms with Crippen LogP contribution in [-0.2, 0) is 0 Å². The molecule has 0 bridgehead atoms. The van der Waals surface area contributed by atoms with Gasteiger partial charge in [0.1, 0.15) is 0 Å². The van der Waals surface area contributed by atoms with E-state index < -0.39 is 14.2 Å². The number of nitrogens with zero attached hydrogens (tertiary/aromatic N) is 1. The monoisotopic (exact) mass is 451 g/mol. The molecule has 0 N–H and O–H groups in total. The minimum atomic E-state index is -3.26. The predicted molar refractivity (Wildman–Crippen MR) is 126 cm³/mol. The van der Waals surface area contributed by atoms with Crippen LogP contribution in [0, 0.1) is 20.8 Å². The minimum absolute atomic E-state index is 1.02. The molecule has 0 fully saturated rings. The quantitative estimate of drug-likeness (QED) is 0.239. The maximum absolute atomic E-state index is 6.72. The molecule has 0 heterocycles. The number of anilines is 1. The number of aryl methyl sites for hydroxylation is 3. The topological polar surface area (TPSA) is 3.24 Å². The van der Waals surface area contributed by atoms with Crippen LogP contribution in [0.25, 0.3) is 0 Å². The Labute approximate surface area is 177 Å². The molecule has 27 heavy (non-hydrogen) atoms. The summed E-state index contributed by atoms with van der Waals surface area (Å²) in [6.07, 6.45) is -3.26. The molecule has 3 aromatic rings. The fourth-order valence-electron chi connectivity index (χ4n) is 3.37. The Morgan fingerprint density at radius 3 is 1.48 bits per heavy atom. The lowest BCUT2D eigenvalue weighted by atomic mass is 10.1. The van der Waals surface area contributed by atoms with Gasteiger partial charge in [0.15, 0.2) is 0 Å². The highest BCUT2D eigenvalue weighted by Crippen LogP contribution is 2.51. The third-order valence-electron chi connectivity index (χ3n) is 4.29. The van der Waals surface area contributed by atoms with Crippen molar-refractivity contribution in [3.05, 3.63) is 89.5 Å². The molecule has 0 aliphatic rings. The van der Waals surface area contributed by atoms with E-state index in [9.17, 15) is 0 Å². The van der Waals surface area contributed by atoms with E-state index in [0.717, 1.165) is 27.4 Å². The van der Waals surface area contributed by atoms with Crippen LogP contribution >= 0.6 is 41.3 Å². The van der Waals surface area contributed by atoms with Gasteiger partial charge < -0.3 is 4.34 Å². The maximum Gasteiger partial charge on any atom is 0.458 e. The van der Waals surface area contributed by atoms with Crippen molar-refractivity contribution < 1.29 is 0 Å². The number of hydrogen-bond acceptors (Lipinski definition) is 1. The molecule has 0 aromatic heterocycles. The highest BCUT2D eigenvalue weighted by molar-refractivity contribution is 7.84. The molecule has 0 saturated heterocycles. The van der Waals surface area contributed by atoms with E-state index in [2.05, 4.69) is 61.5 Å². The van der Waals surface area contributed by atoms with E-state index in [1.807, 2.05) is 36.4 Å². The summed E-state index contributed by atoms with van der Waals surface area (Å²) in [5.74, 6) is 0. The fraction of sp³-hybridized carbons (Fsp3) is 0.143. The van der Waals surface area contributed by atoms with E-state index in [1.54, 1.807) is 0 Å². The smallest absolute Gasteiger partial charge is 0.332 e. The Morgan fingerprint density at radius 1 is 0.704 bits per heavy atom. The van der Waals surface area contributed by atoms with Gasteiger partial charge in [-0.3, -0.25) is 0 Å². The first-order valence-electron chi connectivity index (χ1n) is 8.64. The second-order valence-corrected chi connectivity index (χ2v) is 17.0. The molecule has 1 nitrogen and oxygen atoms in total. The van der Waals surface area contributed by atoms with Gasteiger partial charge in [-0.2, -0.15) is 0 Å². The Morgan fingerprint density at radius 2 is 1.11 bits per heavy atom. The van der Waals surface area contributed by atoms with Crippen LogP contribution in [0.1, 0.15) is 16.7 Å². The summed E-state index contributed by atoms with van der Waals surface area (Å²) < 4.78 is 2.10. The predicted octanol–water partition coefficient (Wildman–Crippen LogP) is 6.62. The van der Waals surface area contributed by atoms with Crippen molar-refractivity contribution in [2.75, 3.05) is 4.34 Å².